The summed E-state index contributed by atoms with van der Waals surface area (Å²) in [5, 5.41) is 3.53. The van der Waals surface area contributed by atoms with Gasteiger partial charge in [0.05, 0.1) is 0 Å². The third-order valence-corrected chi connectivity index (χ3v) is 5.52. The highest BCUT2D eigenvalue weighted by molar-refractivity contribution is 5.30. The molecule has 1 unspecified atom stereocenters. The zero-order chi connectivity index (χ0) is 13.6. The summed E-state index contributed by atoms with van der Waals surface area (Å²) in [4.78, 5) is 0. The molecule has 0 spiro atoms. The van der Waals surface area contributed by atoms with Crippen LogP contribution in [0, 0.1) is 16.7 Å². The molecule has 1 aromatic rings. The van der Waals surface area contributed by atoms with Gasteiger partial charge in [-0.3, -0.25) is 0 Å². The fraction of sp³-hybridized carbons (Fsp3) is 0.647. The van der Waals surface area contributed by atoms with Gasteiger partial charge >= 0.3 is 0 Å². The van der Waals surface area contributed by atoms with Crippen molar-refractivity contribution in [3.63, 3.8) is 0 Å². The van der Waals surface area contributed by atoms with Gasteiger partial charge in [0.25, 0.3) is 0 Å². The molecule has 0 aliphatic heterocycles. The van der Waals surface area contributed by atoms with Gasteiger partial charge in [0.15, 0.2) is 0 Å². The summed E-state index contributed by atoms with van der Waals surface area (Å²) < 4.78 is 0. The predicted octanol–water partition coefficient (Wildman–Crippen LogP) is 4.19. The van der Waals surface area contributed by atoms with E-state index in [-0.39, 0.29) is 0 Å². The first-order valence-electron chi connectivity index (χ1n) is 7.12. The van der Waals surface area contributed by atoms with E-state index in [1.807, 2.05) is 0 Å². The topological polar surface area (TPSA) is 12.0 Å². The lowest BCUT2D eigenvalue weighted by molar-refractivity contribution is 0.438. The quantitative estimate of drug-likeness (QED) is 0.838. The van der Waals surface area contributed by atoms with E-state index in [9.17, 15) is 0 Å². The van der Waals surface area contributed by atoms with Gasteiger partial charge in [0.1, 0.15) is 0 Å². The monoisotopic (exact) mass is 245 g/mol. The van der Waals surface area contributed by atoms with E-state index < -0.39 is 0 Å². The van der Waals surface area contributed by atoms with Gasteiger partial charge in [-0.25, -0.2) is 0 Å². The summed E-state index contributed by atoms with van der Waals surface area (Å²) in [5.74, 6) is 0.711. The molecular formula is C17H27N. The Hall–Kier alpha value is -0.820. The van der Waals surface area contributed by atoms with E-state index in [1.165, 1.54) is 11.1 Å². The molecule has 18 heavy (non-hydrogen) atoms. The van der Waals surface area contributed by atoms with Gasteiger partial charge in [0, 0.05) is 6.04 Å². The van der Waals surface area contributed by atoms with Gasteiger partial charge < -0.3 is 5.32 Å². The molecule has 1 aliphatic rings. The van der Waals surface area contributed by atoms with Crippen LogP contribution in [0.1, 0.15) is 51.8 Å². The lowest BCUT2D eigenvalue weighted by Gasteiger charge is -2.19. The largest absolute Gasteiger partial charge is 0.313 e. The first-order valence-corrected chi connectivity index (χ1v) is 7.12. The van der Waals surface area contributed by atoms with E-state index in [0.29, 0.717) is 22.8 Å². The van der Waals surface area contributed by atoms with Crippen LogP contribution in [0.5, 0.6) is 0 Å². The summed E-state index contributed by atoms with van der Waals surface area (Å²) in [5.41, 5.74) is 3.69. The lowest BCUT2D eigenvalue weighted by atomic mass is 9.95. The van der Waals surface area contributed by atoms with E-state index in [4.69, 9.17) is 0 Å². The molecule has 0 heterocycles. The molecule has 1 nitrogen and oxygen atoms in total. The van der Waals surface area contributed by atoms with Crippen molar-refractivity contribution < 1.29 is 0 Å². The fourth-order valence-electron chi connectivity index (χ4n) is 3.57. The molecule has 1 fully saturated rings. The van der Waals surface area contributed by atoms with Crippen molar-refractivity contribution in [2.24, 2.45) is 16.7 Å². The van der Waals surface area contributed by atoms with Gasteiger partial charge in [-0.05, 0) is 41.3 Å². The average molecular weight is 245 g/mol. The fourth-order valence-corrected chi connectivity index (χ4v) is 3.57. The number of rotatable bonds is 4. The predicted molar refractivity (Wildman–Crippen MR) is 78.7 cm³/mol. The molecule has 1 atom stereocenters. The van der Waals surface area contributed by atoms with Crippen LogP contribution in [0.15, 0.2) is 24.3 Å². The van der Waals surface area contributed by atoms with Crippen LogP contribution in [0.3, 0.4) is 0 Å². The Morgan fingerprint density at radius 1 is 1.06 bits per heavy atom. The summed E-state index contributed by atoms with van der Waals surface area (Å²) in [7, 11) is 2.09. The molecule has 1 aromatic carbocycles. The van der Waals surface area contributed by atoms with Crippen molar-refractivity contribution in [3.8, 4) is 0 Å². The van der Waals surface area contributed by atoms with Crippen molar-refractivity contribution in [1.29, 1.82) is 0 Å². The normalized spacial score (nSPS) is 22.8. The first kappa shape index (κ1) is 13.6. The highest BCUT2D eigenvalue weighted by atomic mass is 14.9. The molecule has 1 heteroatoms. The average Bonchev–Trinajstić information content (AvgIpc) is 2.74. The number of hydrogen-bond acceptors (Lipinski definition) is 1. The molecule has 1 N–H and O–H groups in total. The highest BCUT2D eigenvalue weighted by Gasteiger charge is 2.67. The van der Waals surface area contributed by atoms with Crippen LogP contribution >= 0.6 is 0 Å². The van der Waals surface area contributed by atoms with Crippen molar-refractivity contribution in [2.45, 2.75) is 47.1 Å². The van der Waals surface area contributed by atoms with Crippen LogP contribution in [-0.2, 0) is 6.42 Å². The minimum atomic E-state index is 0.421. The van der Waals surface area contributed by atoms with Crippen molar-refractivity contribution >= 4 is 0 Å². The van der Waals surface area contributed by atoms with Crippen LogP contribution < -0.4 is 5.32 Å². The van der Waals surface area contributed by atoms with Crippen LogP contribution in [-0.4, -0.2) is 7.05 Å². The Morgan fingerprint density at radius 3 is 1.89 bits per heavy atom. The maximum Gasteiger partial charge on any atom is 0.0356 e. The Morgan fingerprint density at radius 2 is 1.56 bits per heavy atom. The SMILES string of the molecule is CCc1ccc(C(NC)C2C(C)(C)C2(C)C)cc1. The Balaban J connectivity index is 2.25. The molecule has 0 aromatic heterocycles. The summed E-state index contributed by atoms with van der Waals surface area (Å²) in [6.07, 6.45) is 1.12. The highest BCUT2D eigenvalue weighted by Crippen LogP contribution is 2.72. The van der Waals surface area contributed by atoms with Crippen LogP contribution in [0.25, 0.3) is 0 Å². The van der Waals surface area contributed by atoms with E-state index in [1.54, 1.807) is 0 Å². The van der Waals surface area contributed by atoms with E-state index in [2.05, 4.69) is 71.2 Å². The van der Waals surface area contributed by atoms with Crippen LogP contribution in [0.4, 0.5) is 0 Å². The molecule has 0 radical (unpaired) electrons. The lowest BCUT2D eigenvalue weighted by Crippen LogP contribution is -2.21. The Bertz CT molecular complexity index is 400. The summed E-state index contributed by atoms with van der Waals surface area (Å²) in [6, 6.07) is 9.60. The van der Waals surface area contributed by atoms with Crippen molar-refractivity contribution in [3.05, 3.63) is 35.4 Å². The van der Waals surface area contributed by atoms with Gasteiger partial charge in [-0.2, -0.15) is 0 Å². The van der Waals surface area contributed by atoms with E-state index >= 15 is 0 Å². The maximum absolute atomic E-state index is 3.53. The minimum Gasteiger partial charge on any atom is -0.313 e. The Labute approximate surface area is 112 Å². The van der Waals surface area contributed by atoms with Gasteiger partial charge in [0.2, 0.25) is 0 Å². The molecule has 0 saturated heterocycles. The second-order valence-electron chi connectivity index (χ2n) is 6.78. The Kier molecular flexibility index (Phi) is 3.31. The molecule has 1 aliphatic carbocycles. The van der Waals surface area contributed by atoms with E-state index in [0.717, 1.165) is 6.42 Å². The second kappa shape index (κ2) is 4.38. The molecule has 0 amide bonds. The van der Waals surface area contributed by atoms with Crippen molar-refractivity contribution in [2.75, 3.05) is 7.05 Å². The number of benzene rings is 1. The minimum absolute atomic E-state index is 0.421. The second-order valence-corrected chi connectivity index (χ2v) is 6.78. The zero-order valence-electron chi connectivity index (χ0n) is 12.7. The number of aryl methyl sites for hydroxylation is 1. The molecule has 1 saturated carbocycles. The molecule has 0 bridgehead atoms. The first-order chi connectivity index (χ1) is 8.36. The third kappa shape index (κ3) is 1.89. The smallest absolute Gasteiger partial charge is 0.0356 e. The molecule has 100 valence electrons. The molecule has 2 rings (SSSR count). The summed E-state index contributed by atoms with van der Waals surface area (Å²) >= 11 is 0. The number of nitrogens with one attached hydrogen (secondary N) is 1. The molecular weight excluding hydrogens is 218 g/mol. The van der Waals surface area contributed by atoms with Gasteiger partial charge in [-0.15, -0.1) is 0 Å². The third-order valence-electron chi connectivity index (χ3n) is 5.52. The van der Waals surface area contributed by atoms with Crippen molar-refractivity contribution in [1.82, 2.24) is 5.32 Å². The zero-order valence-corrected chi connectivity index (χ0v) is 12.7. The summed E-state index contributed by atoms with van der Waals surface area (Å²) in [6.45, 7) is 11.8. The number of hydrogen-bond donors (Lipinski definition) is 1. The standard InChI is InChI=1S/C17H27N/c1-7-12-8-10-13(11-9-12)14(18-6)15-16(2,3)17(15,4)5/h8-11,14-15,18H,7H2,1-6H3. The van der Waals surface area contributed by atoms with Crippen LogP contribution in [0.2, 0.25) is 0 Å². The van der Waals surface area contributed by atoms with Gasteiger partial charge in [-0.1, -0.05) is 58.9 Å². The maximum atomic E-state index is 3.53.